The molecule has 0 spiro atoms. The van der Waals surface area contributed by atoms with Crippen molar-refractivity contribution in [1.29, 1.82) is 0 Å². The highest BCUT2D eigenvalue weighted by atomic mass is 32.1. The van der Waals surface area contributed by atoms with E-state index in [4.69, 9.17) is 0 Å². The number of carbonyl (C=O) groups excluding carboxylic acids is 3. The Morgan fingerprint density at radius 3 is 2.45 bits per heavy atom. The lowest BCUT2D eigenvalue weighted by Gasteiger charge is -2.27. The SMILES string of the molecule is O=CN[C@@H](Cc1csc2ccccc12)NC(=O)[C@@H](Cc1cccc2ccccc12)NC(=O)C1CCNCC1. The summed E-state index contributed by atoms with van der Waals surface area (Å²) in [6, 6.07) is 21.3. The highest BCUT2D eigenvalue weighted by Gasteiger charge is 2.28. The van der Waals surface area contributed by atoms with Gasteiger partial charge in [0, 0.05) is 23.5 Å². The van der Waals surface area contributed by atoms with Gasteiger partial charge in [0.05, 0.1) is 0 Å². The van der Waals surface area contributed by atoms with Crippen LogP contribution in [-0.2, 0) is 27.2 Å². The molecule has 1 saturated heterocycles. The molecule has 0 saturated carbocycles. The van der Waals surface area contributed by atoms with Crippen LogP contribution >= 0.6 is 11.3 Å². The van der Waals surface area contributed by atoms with Gasteiger partial charge in [-0.1, -0.05) is 60.7 Å². The molecule has 196 valence electrons. The van der Waals surface area contributed by atoms with Crippen LogP contribution in [0.5, 0.6) is 0 Å². The van der Waals surface area contributed by atoms with Gasteiger partial charge in [0.2, 0.25) is 18.2 Å². The standard InChI is InChI=1S/C30H32N4O3S/c35-19-32-28(17-23-18-38-27-11-4-3-10-25(23)27)34-30(37)26(33-29(36)21-12-14-31-15-13-21)16-22-8-5-7-20-6-1-2-9-24(20)22/h1-11,18-19,21,26,28,31H,12-17H2,(H,32,35)(H,33,36)(H,34,37)/t26-,28-/m1/s1. The number of hydrogen-bond donors (Lipinski definition) is 4. The van der Waals surface area contributed by atoms with Crippen LogP contribution in [0, 0.1) is 5.92 Å². The van der Waals surface area contributed by atoms with Crippen molar-refractivity contribution in [2.24, 2.45) is 5.92 Å². The van der Waals surface area contributed by atoms with Crippen molar-refractivity contribution in [3.05, 3.63) is 83.2 Å². The van der Waals surface area contributed by atoms with Gasteiger partial charge in [-0.15, -0.1) is 11.3 Å². The molecule has 5 rings (SSSR count). The lowest BCUT2D eigenvalue weighted by Crippen LogP contribution is -2.55. The molecule has 0 radical (unpaired) electrons. The van der Waals surface area contributed by atoms with Crippen molar-refractivity contribution >= 4 is 50.4 Å². The van der Waals surface area contributed by atoms with Gasteiger partial charge in [0.1, 0.15) is 12.2 Å². The van der Waals surface area contributed by atoms with E-state index < -0.39 is 12.2 Å². The third-order valence-electron chi connectivity index (χ3n) is 7.22. The molecule has 1 aliphatic rings. The lowest BCUT2D eigenvalue weighted by molar-refractivity contribution is -0.132. The fraction of sp³-hybridized carbons (Fsp3) is 0.300. The summed E-state index contributed by atoms with van der Waals surface area (Å²) >= 11 is 1.64. The van der Waals surface area contributed by atoms with Crippen molar-refractivity contribution in [3.63, 3.8) is 0 Å². The molecular formula is C30H32N4O3S. The van der Waals surface area contributed by atoms with Gasteiger partial charge in [-0.3, -0.25) is 14.4 Å². The minimum absolute atomic E-state index is 0.101. The number of thiophene rings is 1. The van der Waals surface area contributed by atoms with Crippen molar-refractivity contribution in [2.45, 2.75) is 37.9 Å². The third-order valence-corrected chi connectivity index (χ3v) is 8.23. The maximum absolute atomic E-state index is 13.7. The average Bonchev–Trinajstić information content (AvgIpc) is 3.36. The van der Waals surface area contributed by atoms with Gasteiger partial charge in [-0.2, -0.15) is 0 Å². The summed E-state index contributed by atoms with van der Waals surface area (Å²) in [6.45, 7) is 1.58. The molecule has 38 heavy (non-hydrogen) atoms. The van der Waals surface area contributed by atoms with Gasteiger partial charge >= 0.3 is 0 Å². The molecule has 0 bridgehead atoms. The van der Waals surface area contributed by atoms with Gasteiger partial charge in [0.15, 0.2) is 0 Å². The molecule has 2 heterocycles. The molecule has 0 unspecified atom stereocenters. The normalized spacial score (nSPS) is 15.6. The zero-order valence-electron chi connectivity index (χ0n) is 21.1. The van der Waals surface area contributed by atoms with Crippen LogP contribution in [-0.4, -0.2) is 43.5 Å². The van der Waals surface area contributed by atoms with E-state index in [1.807, 2.05) is 60.7 Å². The number of nitrogens with one attached hydrogen (secondary N) is 4. The molecule has 1 aromatic heterocycles. The first-order chi connectivity index (χ1) is 18.6. The topological polar surface area (TPSA) is 99.3 Å². The highest BCUT2D eigenvalue weighted by molar-refractivity contribution is 7.17. The van der Waals surface area contributed by atoms with E-state index in [1.54, 1.807) is 11.3 Å². The Morgan fingerprint density at radius 2 is 1.63 bits per heavy atom. The maximum atomic E-state index is 13.7. The van der Waals surface area contributed by atoms with Crippen LogP contribution in [0.1, 0.15) is 24.0 Å². The first kappa shape index (κ1) is 25.9. The van der Waals surface area contributed by atoms with Crippen LogP contribution in [0.4, 0.5) is 0 Å². The van der Waals surface area contributed by atoms with E-state index in [1.165, 1.54) is 0 Å². The van der Waals surface area contributed by atoms with Crippen molar-refractivity contribution in [2.75, 3.05) is 13.1 Å². The predicted molar refractivity (Wildman–Crippen MR) is 152 cm³/mol. The second-order valence-electron chi connectivity index (χ2n) is 9.73. The fourth-order valence-electron chi connectivity index (χ4n) is 5.19. The van der Waals surface area contributed by atoms with Crippen LogP contribution in [0.15, 0.2) is 72.1 Å². The third kappa shape index (κ3) is 6.03. The first-order valence-electron chi connectivity index (χ1n) is 13.1. The maximum Gasteiger partial charge on any atom is 0.244 e. The number of rotatable bonds is 10. The van der Waals surface area contributed by atoms with Crippen molar-refractivity contribution in [3.8, 4) is 0 Å². The Bertz CT molecular complexity index is 1420. The monoisotopic (exact) mass is 528 g/mol. The lowest BCUT2D eigenvalue weighted by atomic mass is 9.95. The van der Waals surface area contributed by atoms with Crippen LogP contribution in [0.3, 0.4) is 0 Å². The fourth-order valence-corrected chi connectivity index (χ4v) is 6.17. The van der Waals surface area contributed by atoms with E-state index >= 15 is 0 Å². The predicted octanol–water partition coefficient (Wildman–Crippen LogP) is 3.51. The van der Waals surface area contributed by atoms with Gasteiger partial charge < -0.3 is 21.3 Å². The van der Waals surface area contributed by atoms with Crippen LogP contribution in [0.25, 0.3) is 20.9 Å². The summed E-state index contributed by atoms with van der Waals surface area (Å²) in [6.07, 6.45) is 2.27. The van der Waals surface area contributed by atoms with Gasteiger partial charge in [-0.25, -0.2) is 0 Å². The molecule has 1 fully saturated rings. The molecule has 3 aromatic carbocycles. The summed E-state index contributed by atoms with van der Waals surface area (Å²) in [5, 5.41) is 17.4. The summed E-state index contributed by atoms with van der Waals surface area (Å²) < 4.78 is 1.15. The molecule has 3 amide bonds. The number of amides is 3. The summed E-state index contributed by atoms with van der Waals surface area (Å²) in [5.74, 6) is -0.546. The zero-order valence-corrected chi connectivity index (χ0v) is 21.9. The summed E-state index contributed by atoms with van der Waals surface area (Å²) in [4.78, 5) is 38.3. The Hall–Kier alpha value is -3.75. The molecule has 2 atom stereocenters. The number of fused-ring (bicyclic) bond motifs is 2. The molecule has 4 N–H and O–H groups in total. The zero-order chi connectivity index (χ0) is 26.3. The Balaban J connectivity index is 1.37. The van der Waals surface area contributed by atoms with E-state index in [0.29, 0.717) is 19.3 Å². The van der Waals surface area contributed by atoms with Crippen molar-refractivity contribution < 1.29 is 14.4 Å². The number of benzene rings is 3. The highest BCUT2D eigenvalue weighted by Crippen LogP contribution is 2.26. The average molecular weight is 529 g/mol. The summed E-state index contributed by atoms with van der Waals surface area (Å²) in [5.41, 5.74) is 2.03. The first-order valence-corrected chi connectivity index (χ1v) is 13.9. The molecule has 0 aliphatic carbocycles. The molecule has 1 aliphatic heterocycles. The Morgan fingerprint density at radius 1 is 0.895 bits per heavy atom. The smallest absolute Gasteiger partial charge is 0.244 e. The van der Waals surface area contributed by atoms with E-state index in [2.05, 4.69) is 32.7 Å². The molecule has 7 nitrogen and oxygen atoms in total. The summed E-state index contributed by atoms with van der Waals surface area (Å²) in [7, 11) is 0. The number of carbonyl (C=O) groups is 3. The molecule has 8 heteroatoms. The van der Waals surface area contributed by atoms with Gasteiger partial charge in [0.25, 0.3) is 0 Å². The largest absolute Gasteiger partial charge is 0.344 e. The number of piperidine rings is 1. The van der Waals surface area contributed by atoms with Gasteiger partial charge in [-0.05, 0) is 64.7 Å². The Kier molecular flexibility index (Phi) is 8.31. The van der Waals surface area contributed by atoms with E-state index in [9.17, 15) is 14.4 Å². The minimum Gasteiger partial charge on any atom is -0.344 e. The van der Waals surface area contributed by atoms with Crippen LogP contribution in [0.2, 0.25) is 0 Å². The quantitative estimate of drug-likeness (QED) is 0.187. The second-order valence-corrected chi connectivity index (χ2v) is 10.6. The molecule has 4 aromatic rings. The molecular weight excluding hydrogens is 496 g/mol. The van der Waals surface area contributed by atoms with Crippen molar-refractivity contribution in [1.82, 2.24) is 21.3 Å². The Labute approximate surface area is 226 Å². The van der Waals surface area contributed by atoms with E-state index in [0.717, 1.165) is 57.9 Å². The second kappa shape index (κ2) is 12.2. The van der Waals surface area contributed by atoms with Crippen LogP contribution < -0.4 is 21.3 Å². The minimum atomic E-state index is -0.779. The number of hydrogen-bond acceptors (Lipinski definition) is 5. The van der Waals surface area contributed by atoms with E-state index in [-0.39, 0.29) is 17.7 Å².